The van der Waals surface area contributed by atoms with Gasteiger partial charge >= 0.3 is 0 Å². The van der Waals surface area contributed by atoms with E-state index in [1.165, 1.54) is 11.8 Å². The maximum absolute atomic E-state index is 11.9. The lowest BCUT2D eigenvalue weighted by Gasteiger charge is -2.17. The van der Waals surface area contributed by atoms with E-state index in [9.17, 15) is 13.2 Å². The number of carbonyl (C=O) groups is 1. The molecule has 0 radical (unpaired) electrons. The molecule has 0 aliphatic carbocycles. The summed E-state index contributed by atoms with van der Waals surface area (Å²) < 4.78 is 25.0. The fourth-order valence-electron chi connectivity index (χ4n) is 2.40. The normalized spacial score (nSPS) is 21.5. The highest BCUT2D eigenvalue weighted by Gasteiger charge is 2.32. The Bertz CT molecular complexity index is 670. The molecule has 0 spiro atoms. The smallest absolute Gasteiger partial charge is 0.230 e. The molecule has 0 aromatic carbocycles. The van der Waals surface area contributed by atoms with Crippen molar-refractivity contribution in [2.45, 2.75) is 44.3 Å². The van der Waals surface area contributed by atoms with Crippen molar-refractivity contribution in [2.24, 2.45) is 13.0 Å². The summed E-state index contributed by atoms with van der Waals surface area (Å²) in [5, 5.41) is 11.8. The maximum atomic E-state index is 11.9. The summed E-state index contributed by atoms with van der Waals surface area (Å²) >= 11 is 1.32. The zero-order valence-corrected chi connectivity index (χ0v) is 15.6. The van der Waals surface area contributed by atoms with Crippen LogP contribution in [0.15, 0.2) is 5.16 Å². The molecule has 23 heavy (non-hydrogen) atoms. The van der Waals surface area contributed by atoms with Crippen LogP contribution in [-0.2, 0) is 21.7 Å². The number of hydrogen-bond acceptors (Lipinski definition) is 6. The third kappa shape index (κ3) is 4.69. The second-order valence-corrected chi connectivity index (χ2v) is 9.56. The minimum absolute atomic E-state index is 0.0378. The molecule has 2 heterocycles. The number of nitrogens with zero attached hydrogens (tertiary/aromatic N) is 3. The Labute approximate surface area is 141 Å². The number of sulfone groups is 1. The van der Waals surface area contributed by atoms with E-state index >= 15 is 0 Å². The van der Waals surface area contributed by atoms with Gasteiger partial charge < -0.3 is 9.88 Å². The first-order valence-electron chi connectivity index (χ1n) is 7.71. The van der Waals surface area contributed by atoms with E-state index in [4.69, 9.17) is 0 Å². The van der Waals surface area contributed by atoms with E-state index in [0.29, 0.717) is 23.3 Å². The molecule has 7 nitrogen and oxygen atoms in total. The molecule has 0 saturated carbocycles. The highest BCUT2D eigenvalue weighted by atomic mass is 32.2. The van der Waals surface area contributed by atoms with Gasteiger partial charge in [0.1, 0.15) is 5.82 Å². The first-order chi connectivity index (χ1) is 10.7. The molecular weight excluding hydrogens is 336 g/mol. The van der Waals surface area contributed by atoms with Crippen LogP contribution in [0.5, 0.6) is 0 Å². The Kier molecular flexibility index (Phi) is 5.72. The van der Waals surface area contributed by atoms with Crippen LogP contribution in [0.3, 0.4) is 0 Å². The van der Waals surface area contributed by atoms with E-state index in [1.807, 2.05) is 14.0 Å². The highest BCUT2D eigenvalue weighted by molar-refractivity contribution is 7.99. The number of amides is 1. The summed E-state index contributed by atoms with van der Waals surface area (Å²) in [5.41, 5.74) is 0. The number of carbonyl (C=O) groups excluding carboxylic acids is 1. The molecule has 9 heteroatoms. The van der Waals surface area contributed by atoms with Crippen molar-refractivity contribution < 1.29 is 13.2 Å². The van der Waals surface area contributed by atoms with Crippen LogP contribution in [0.25, 0.3) is 0 Å². The van der Waals surface area contributed by atoms with E-state index in [-0.39, 0.29) is 35.1 Å². The van der Waals surface area contributed by atoms with Crippen molar-refractivity contribution in [3.8, 4) is 0 Å². The Morgan fingerprint density at radius 2 is 2.09 bits per heavy atom. The first kappa shape index (κ1) is 18.3. The van der Waals surface area contributed by atoms with Crippen molar-refractivity contribution in [1.29, 1.82) is 0 Å². The molecule has 1 aliphatic heterocycles. The third-order valence-electron chi connectivity index (χ3n) is 4.19. The van der Waals surface area contributed by atoms with Gasteiger partial charge in [0.25, 0.3) is 0 Å². The molecule has 0 unspecified atom stereocenters. The number of aromatic nitrogens is 3. The van der Waals surface area contributed by atoms with Crippen LogP contribution in [0.1, 0.15) is 38.9 Å². The Morgan fingerprint density at radius 1 is 1.39 bits per heavy atom. The van der Waals surface area contributed by atoms with Crippen LogP contribution in [0, 0.1) is 5.92 Å². The lowest BCUT2D eigenvalue weighted by molar-refractivity contribution is -0.119. The van der Waals surface area contributed by atoms with Crippen molar-refractivity contribution in [3.63, 3.8) is 0 Å². The van der Waals surface area contributed by atoms with Crippen LogP contribution in [0.2, 0.25) is 0 Å². The molecule has 1 N–H and O–H groups in total. The van der Waals surface area contributed by atoms with Gasteiger partial charge in [-0.15, -0.1) is 10.2 Å². The standard InChI is InChI=1S/C14H24N4O3S2/c1-9(2)10(3)15-12(19)7-22-14-17-16-13(18(14)4)11-5-6-23(20,21)8-11/h9-11H,5-8H2,1-4H3,(H,15,19)/t10-,11-/m0/s1. The van der Waals surface area contributed by atoms with Gasteiger partial charge in [-0.3, -0.25) is 4.79 Å². The number of rotatable bonds is 6. The van der Waals surface area contributed by atoms with Gasteiger partial charge in [-0.2, -0.15) is 0 Å². The molecule has 2 atom stereocenters. The summed E-state index contributed by atoms with van der Waals surface area (Å²) in [6.45, 7) is 6.10. The van der Waals surface area contributed by atoms with Crippen molar-refractivity contribution in [3.05, 3.63) is 5.82 Å². The summed E-state index contributed by atoms with van der Waals surface area (Å²) in [4.78, 5) is 11.9. The van der Waals surface area contributed by atoms with E-state index in [1.54, 1.807) is 4.57 Å². The van der Waals surface area contributed by atoms with E-state index < -0.39 is 9.84 Å². The summed E-state index contributed by atoms with van der Waals surface area (Å²) in [7, 11) is -1.13. The Balaban J connectivity index is 1.94. The summed E-state index contributed by atoms with van der Waals surface area (Å²) in [6, 6.07) is 0.127. The summed E-state index contributed by atoms with van der Waals surface area (Å²) in [6.07, 6.45) is 0.589. The molecule has 1 aromatic heterocycles. The maximum Gasteiger partial charge on any atom is 0.230 e. The fraction of sp³-hybridized carbons (Fsp3) is 0.786. The van der Waals surface area contributed by atoms with Crippen LogP contribution in [-0.4, -0.2) is 52.4 Å². The lowest BCUT2D eigenvalue weighted by Crippen LogP contribution is -2.37. The fourth-order valence-corrected chi connectivity index (χ4v) is 4.87. The molecule has 1 fully saturated rings. The predicted octanol–water partition coefficient (Wildman–Crippen LogP) is 0.970. The van der Waals surface area contributed by atoms with Gasteiger partial charge in [-0.1, -0.05) is 25.6 Å². The molecule has 1 aliphatic rings. The lowest BCUT2D eigenvalue weighted by atomic mass is 10.1. The van der Waals surface area contributed by atoms with E-state index in [2.05, 4.69) is 29.4 Å². The minimum atomic E-state index is -2.95. The molecule has 1 saturated heterocycles. The average molecular weight is 361 g/mol. The second-order valence-electron chi connectivity index (χ2n) is 6.39. The third-order valence-corrected chi connectivity index (χ3v) is 6.98. The molecule has 2 rings (SSSR count). The molecule has 130 valence electrons. The Morgan fingerprint density at radius 3 is 2.65 bits per heavy atom. The van der Waals surface area contributed by atoms with Crippen LogP contribution in [0.4, 0.5) is 0 Å². The Hall–Kier alpha value is -1.09. The van der Waals surface area contributed by atoms with Gasteiger partial charge in [0.2, 0.25) is 5.91 Å². The summed E-state index contributed by atoms with van der Waals surface area (Å²) in [5.74, 6) is 1.55. The van der Waals surface area contributed by atoms with Gasteiger partial charge in [-0.25, -0.2) is 8.42 Å². The molecule has 0 bridgehead atoms. The second kappa shape index (κ2) is 7.21. The molecular formula is C14H24N4O3S2. The van der Waals surface area contributed by atoms with Crippen LogP contribution < -0.4 is 5.32 Å². The topological polar surface area (TPSA) is 94.0 Å². The van der Waals surface area contributed by atoms with Crippen molar-refractivity contribution in [2.75, 3.05) is 17.3 Å². The number of hydrogen-bond donors (Lipinski definition) is 1. The minimum Gasteiger partial charge on any atom is -0.353 e. The van der Waals surface area contributed by atoms with Gasteiger partial charge in [0.15, 0.2) is 15.0 Å². The van der Waals surface area contributed by atoms with Crippen LogP contribution >= 0.6 is 11.8 Å². The van der Waals surface area contributed by atoms with Gasteiger partial charge in [0, 0.05) is 19.0 Å². The van der Waals surface area contributed by atoms with Gasteiger partial charge in [0.05, 0.1) is 17.3 Å². The zero-order valence-electron chi connectivity index (χ0n) is 13.9. The molecule has 1 amide bonds. The molecule has 1 aromatic rings. The predicted molar refractivity (Wildman–Crippen MR) is 90.2 cm³/mol. The van der Waals surface area contributed by atoms with Crippen molar-refractivity contribution in [1.82, 2.24) is 20.1 Å². The largest absolute Gasteiger partial charge is 0.353 e. The average Bonchev–Trinajstić information content (AvgIpc) is 2.99. The van der Waals surface area contributed by atoms with E-state index in [0.717, 1.165) is 0 Å². The van der Waals surface area contributed by atoms with Crippen molar-refractivity contribution >= 4 is 27.5 Å². The number of nitrogens with one attached hydrogen (secondary N) is 1. The zero-order chi connectivity index (χ0) is 17.2. The SMILES string of the molecule is CC(C)[C@H](C)NC(=O)CSc1nnc([C@H]2CCS(=O)(=O)C2)n1C. The highest BCUT2D eigenvalue weighted by Crippen LogP contribution is 2.29. The first-order valence-corrected chi connectivity index (χ1v) is 10.5. The monoisotopic (exact) mass is 360 g/mol. The quantitative estimate of drug-likeness (QED) is 0.760. The number of thioether (sulfide) groups is 1. The van der Waals surface area contributed by atoms with Gasteiger partial charge in [-0.05, 0) is 19.3 Å².